The van der Waals surface area contributed by atoms with Gasteiger partial charge in [-0.05, 0) is 247 Å². The zero-order valence-corrected chi connectivity index (χ0v) is 51.2. The number of hydrogen-bond donors (Lipinski definition) is 0. The first-order chi connectivity index (χ1) is 45.5. The number of hydrogen-bond acceptors (Lipinski definition) is 1. The van der Waals surface area contributed by atoms with E-state index in [0.717, 1.165) is 40.9 Å². The van der Waals surface area contributed by atoms with Gasteiger partial charge in [0.15, 0.2) is 0 Å². The molecule has 0 amide bonds. The quantitative estimate of drug-likeness (QED) is 0.124. The number of aryl methyl sites for hydroxylation is 2. The Morgan fingerprint density at radius 1 is 0.272 bits per heavy atom. The van der Waals surface area contributed by atoms with Gasteiger partial charge in [0.05, 0.1) is 11.4 Å². The van der Waals surface area contributed by atoms with Crippen LogP contribution in [0.25, 0.3) is 144 Å². The van der Waals surface area contributed by atoms with Crippen molar-refractivity contribution in [2.45, 2.75) is 37.5 Å². The molecule has 1 heterocycles. The Balaban J connectivity index is 0.777. The van der Waals surface area contributed by atoms with Crippen molar-refractivity contribution >= 4 is 21.5 Å². The van der Waals surface area contributed by atoms with Crippen LogP contribution in [-0.4, -0.2) is 4.98 Å². The van der Waals surface area contributed by atoms with Gasteiger partial charge in [-0.1, -0.05) is 267 Å². The average molecular weight is 1170 g/mol. The summed E-state index contributed by atoms with van der Waals surface area (Å²) in [6.45, 7) is 2.25. The second-order valence-corrected chi connectivity index (χ2v) is 25.5. The Hall–Kier alpha value is -11.3. The van der Waals surface area contributed by atoms with Crippen molar-refractivity contribution in [3.63, 3.8) is 0 Å². The van der Waals surface area contributed by atoms with Gasteiger partial charge < -0.3 is 0 Å². The van der Waals surface area contributed by atoms with Crippen molar-refractivity contribution in [2.75, 3.05) is 0 Å². The Kier molecular flexibility index (Phi) is 12.9. The van der Waals surface area contributed by atoms with Crippen molar-refractivity contribution in [1.29, 1.82) is 0 Å². The number of pyridine rings is 1. The maximum atomic E-state index is 5.61. The van der Waals surface area contributed by atoms with Gasteiger partial charge in [0, 0.05) is 11.1 Å². The minimum absolute atomic E-state index is 0.409. The zero-order chi connectivity index (χ0) is 60.8. The fraction of sp³-hybridized carbons (Fsp3) is 0.0659. The van der Waals surface area contributed by atoms with E-state index in [4.69, 9.17) is 4.98 Å². The van der Waals surface area contributed by atoms with Crippen LogP contribution in [0.3, 0.4) is 0 Å². The summed E-state index contributed by atoms with van der Waals surface area (Å²) in [4.78, 5) is 5.61. The summed E-state index contributed by atoms with van der Waals surface area (Å²) in [7, 11) is 0. The molecule has 3 aliphatic rings. The standard InChI is InChI=1S/C91H63N/c1-57-79(60-26-12-4-13-27-60)56-85(64-30-16-6-17-31-64)92-91(57)78-37-20-34-70-55-80(61-28-14-5-15-29-61)75-46-44-68(53-83(75)86(70)78)66-42-40-62-38-39-63-41-43-67(52-82(63)81(62)51-66)69-45-47-76-84(54-69)88-74(35-21-36-77(88)90-87(89(76)90)65-32-18-7-19-33-65)73-49-71(58-22-8-2-9-23-58)48-72(50-73)59-24-10-3-11-25-59/h2-37,40-56,87,89-90H,38-39H2,1H3. The van der Waals surface area contributed by atoms with E-state index < -0.39 is 0 Å². The lowest BCUT2D eigenvalue weighted by Crippen LogP contribution is -2.05. The van der Waals surface area contributed by atoms with Crippen LogP contribution in [0.2, 0.25) is 0 Å². The van der Waals surface area contributed by atoms with E-state index in [0.29, 0.717) is 17.8 Å². The molecule has 0 saturated heterocycles. The van der Waals surface area contributed by atoms with Gasteiger partial charge in [-0.15, -0.1) is 0 Å². The number of benzene rings is 14. The van der Waals surface area contributed by atoms with Crippen LogP contribution in [0, 0.1) is 6.92 Å². The number of fused-ring (bicyclic) bond motifs is 12. The largest absolute Gasteiger partial charge is 0.247 e. The Bertz CT molecular complexity index is 5320. The normalized spacial score (nSPS) is 15.0. The molecule has 92 heavy (non-hydrogen) atoms. The van der Waals surface area contributed by atoms with Crippen LogP contribution in [-0.2, 0) is 12.8 Å². The highest BCUT2D eigenvalue weighted by atomic mass is 14.7. The third-order valence-electron chi connectivity index (χ3n) is 20.4. The van der Waals surface area contributed by atoms with Crippen LogP contribution in [0.4, 0.5) is 0 Å². The van der Waals surface area contributed by atoms with Crippen molar-refractivity contribution in [3.8, 4) is 123 Å². The van der Waals surface area contributed by atoms with E-state index in [-0.39, 0.29) is 0 Å². The molecule has 432 valence electrons. The molecule has 3 aliphatic carbocycles. The van der Waals surface area contributed by atoms with Crippen molar-refractivity contribution < 1.29 is 0 Å². The Morgan fingerprint density at radius 3 is 1.38 bits per heavy atom. The fourth-order valence-electron chi connectivity index (χ4n) is 15.9. The minimum atomic E-state index is 0.409. The summed E-state index contributed by atoms with van der Waals surface area (Å²) in [5, 5.41) is 4.84. The van der Waals surface area contributed by atoms with Gasteiger partial charge in [-0.25, -0.2) is 4.98 Å². The average Bonchev–Trinajstić information content (AvgIpc) is 1.52. The van der Waals surface area contributed by atoms with Crippen LogP contribution in [0.5, 0.6) is 0 Å². The Morgan fingerprint density at radius 2 is 0.761 bits per heavy atom. The van der Waals surface area contributed by atoms with Crippen LogP contribution in [0.15, 0.2) is 322 Å². The predicted octanol–water partition coefficient (Wildman–Crippen LogP) is 24.1. The third-order valence-corrected chi connectivity index (χ3v) is 20.4. The van der Waals surface area contributed by atoms with E-state index in [2.05, 4.69) is 328 Å². The summed E-state index contributed by atoms with van der Waals surface area (Å²) >= 11 is 0. The van der Waals surface area contributed by atoms with Gasteiger partial charge in [-0.3, -0.25) is 0 Å². The molecule has 1 aromatic heterocycles. The van der Waals surface area contributed by atoms with Crippen molar-refractivity contribution in [2.24, 2.45) is 0 Å². The van der Waals surface area contributed by atoms with Crippen molar-refractivity contribution in [3.05, 3.63) is 355 Å². The molecule has 0 aliphatic heterocycles. The molecular formula is C91H63N. The van der Waals surface area contributed by atoms with Gasteiger partial charge in [-0.2, -0.15) is 0 Å². The van der Waals surface area contributed by atoms with Crippen molar-refractivity contribution in [1.82, 2.24) is 4.98 Å². The Labute approximate surface area is 538 Å². The molecule has 0 spiro atoms. The zero-order valence-electron chi connectivity index (χ0n) is 51.2. The number of aromatic nitrogens is 1. The van der Waals surface area contributed by atoms with Crippen LogP contribution >= 0.6 is 0 Å². The summed E-state index contributed by atoms with van der Waals surface area (Å²) in [6.07, 6.45) is 2.02. The molecule has 1 saturated carbocycles. The maximum absolute atomic E-state index is 5.61. The van der Waals surface area contributed by atoms with Gasteiger partial charge in [0.2, 0.25) is 0 Å². The highest BCUT2D eigenvalue weighted by Crippen LogP contribution is 2.72. The molecule has 18 rings (SSSR count). The first kappa shape index (κ1) is 53.7. The molecule has 0 radical (unpaired) electrons. The summed E-state index contributed by atoms with van der Waals surface area (Å²) < 4.78 is 0. The summed E-state index contributed by atoms with van der Waals surface area (Å²) in [5.74, 6) is 1.24. The molecule has 3 atom stereocenters. The monoisotopic (exact) mass is 1170 g/mol. The molecule has 1 fully saturated rings. The molecule has 1 heteroatoms. The van der Waals surface area contributed by atoms with Gasteiger partial charge >= 0.3 is 0 Å². The number of nitrogens with zero attached hydrogens (tertiary/aromatic N) is 1. The maximum Gasteiger partial charge on any atom is 0.0751 e. The summed E-state index contributed by atoms with van der Waals surface area (Å²) in [5.41, 5.74) is 35.0. The van der Waals surface area contributed by atoms with E-state index in [1.165, 1.54) is 150 Å². The lowest BCUT2D eigenvalue weighted by molar-refractivity contribution is 0.942. The second kappa shape index (κ2) is 22.1. The first-order valence-corrected chi connectivity index (χ1v) is 32.6. The minimum Gasteiger partial charge on any atom is -0.247 e. The molecule has 1 nitrogen and oxygen atoms in total. The van der Waals surface area contributed by atoms with E-state index >= 15 is 0 Å². The molecule has 0 bridgehead atoms. The highest BCUT2D eigenvalue weighted by Gasteiger charge is 2.56. The van der Waals surface area contributed by atoms with E-state index in [9.17, 15) is 0 Å². The molecule has 0 N–H and O–H groups in total. The lowest BCUT2D eigenvalue weighted by Gasteiger charge is -2.25. The third kappa shape index (κ3) is 9.18. The van der Waals surface area contributed by atoms with Crippen LogP contribution in [0.1, 0.15) is 51.1 Å². The predicted molar refractivity (Wildman–Crippen MR) is 386 cm³/mol. The van der Waals surface area contributed by atoms with Gasteiger partial charge in [0.1, 0.15) is 0 Å². The fourth-order valence-corrected chi connectivity index (χ4v) is 15.9. The molecule has 15 aromatic rings. The SMILES string of the molecule is Cc1c(-c2ccccc2)cc(-c2ccccc2)nc1-c1cccc2cc(-c3ccccc3)c3ccc(-c4ccc5c(c4)-c4cc(-c6ccc7c(c6)-c6c(-c8cc(-c9ccccc9)cc(-c9ccccc9)c8)cccc6C6C(c8ccccc8)C76)ccc4CC5)cc3c12. The topological polar surface area (TPSA) is 12.9 Å². The lowest BCUT2D eigenvalue weighted by atomic mass is 9.79. The second-order valence-electron chi connectivity index (χ2n) is 25.5. The van der Waals surface area contributed by atoms with Gasteiger partial charge in [0.25, 0.3) is 0 Å². The van der Waals surface area contributed by atoms with E-state index in [1.54, 1.807) is 0 Å². The first-order valence-electron chi connectivity index (χ1n) is 32.6. The highest BCUT2D eigenvalue weighted by molar-refractivity contribution is 6.20. The molecule has 3 unspecified atom stereocenters. The molecular weight excluding hydrogens is 1110 g/mol. The van der Waals surface area contributed by atoms with E-state index in [1.807, 2.05) is 0 Å². The van der Waals surface area contributed by atoms with Crippen LogP contribution < -0.4 is 0 Å². The summed E-state index contributed by atoms with van der Waals surface area (Å²) in [6, 6.07) is 120. The molecule has 14 aromatic carbocycles. The number of rotatable bonds is 10. The smallest absolute Gasteiger partial charge is 0.0751 e.